The first kappa shape index (κ1) is 22.5. The molecular formula is C20H21F3N2O3S2. The third-order valence-corrected chi connectivity index (χ3v) is 6.93. The molecule has 2 aromatic rings. The Kier molecular flexibility index (Phi) is 6.99. The van der Waals surface area contributed by atoms with Crippen LogP contribution in [0.4, 0.5) is 13.2 Å². The lowest BCUT2D eigenvalue weighted by molar-refractivity contribution is -0.275. The van der Waals surface area contributed by atoms with Gasteiger partial charge in [0, 0.05) is 12.6 Å². The summed E-state index contributed by atoms with van der Waals surface area (Å²) in [5, 5.41) is 2.99. The molecule has 0 unspecified atom stereocenters. The van der Waals surface area contributed by atoms with E-state index in [1.54, 1.807) is 0 Å². The summed E-state index contributed by atoms with van der Waals surface area (Å²) in [6.45, 7) is 0.501. The smallest absolute Gasteiger partial charge is 0.404 e. The lowest BCUT2D eigenvalue weighted by Crippen LogP contribution is -2.49. The van der Waals surface area contributed by atoms with Crippen LogP contribution in [0, 0.1) is 0 Å². The lowest BCUT2D eigenvalue weighted by atomic mass is 10.0. The van der Waals surface area contributed by atoms with Crippen LogP contribution in [0.3, 0.4) is 0 Å². The monoisotopic (exact) mass is 458 g/mol. The molecule has 162 valence electrons. The minimum atomic E-state index is -5.01. The second kappa shape index (κ2) is 9.32. The van der Waals surface area contributed by atoms with E-state index >= 15 is 0 Å². The van der Waals surface area contributed by atoms with Gasteiger partial charge in [-0.2, -0.15) is 4.31 Å². The fourth-order valence-electron chi connectivity index (χ4n) is 3.41. The van der Waals surface area contributed by atoms with Gasteiger partial charge in [-0.15, -0.1) is 13.2 Å². The molecule has 3 rings (SSSR count). The van der Waals surface area contributed by atoms with Gasteiger partial charge in [-0.05, 0) is 37.0 Å². The van der Waals surface area contributed by atoms with Crippen LogP contribution in [0.15, 0.2) is 59.5 Å². The van der Waals surface area contributed by atoms with Crippen molar-refractivity contribution in [2.45, 2.75) is 36.6 Å². The number of sulfonamides is 1. The number of nitrogens with one attached hydrogen (secondary N) is 1. The van der Waals surface area contributed by atoms with Gasteiger partial charge in [-0.1, -0.05) is 54.7 Å². The third-order valence-electron chi connectivity index (χ3n) is 4.72. The van der Waals surface area contributed by atoms with Gasteiger partial charge in [0.1, 0.15) is 10.6 Å². The molecule has 1 saturated heterocycles. The Morgan fingerprint density at radius 1 is 1.10 bits per heavy atom. The molecule has 30 heavy (non-hydrogen) atoms. The van der Waals surface area contributed by atoms with E-state index in [2.05, 4.69) is 10.1 Å². The highest BCUT2D eigenvalue weighted by Gasteiger charge is 2.38. The Morgan fingerprint density at radius 3 is 2.47 bits per heavy atom. The highest BCUT2D eigenvalue weighted by molar-refractivity contribution is 7.89. The van der Waals surface area contributed by atoms with Crippen molar-refractivity contribution in [1.29, 1.82) is 0 Å². The highest BCUT2D eigenvalue weighted by Crippen LogP contribution is 2.33. The highest BCUT2D eigenvalue weighted by atomic mass is 32.2. The number of benzene rings is 2. The normalized spacial score (nSPS) is 18.9. The van der Waals surface area contributed by atoms with Gasteiger partial charge in [0.2, 0.25) is 10.0 Å². The zero-order valence-electron chi connectivity index (χ0n) is 15.9. The molecule has 1 aliphatic rings. The van der Waals surface area contributed by atoms with E-state index in [-0.39, 0.29) is 6.54 Å². The van der Waals surface area contributed by atoms with Gasteiger partial charge >= 0.3 is 6.36 Å². The second-order valence-electron chi connectivity index (χ2n) is 6.88. The van der Waals surface area contributed by atoms with E-state index in [0.29, 0.717) is 30.8 Å². The molecule has 2 aromatic carbocycles. The number of para-hydroxylation sites is 1. The van der Waals surface area contributed by atoms with Crippen molar-refractivity contribution in [3.8, 4) is 5.75 Å². The van der Waals surface area contributed by atoms with E-state index in [9.17, 15) is 21.6 Å². The quantitative estimate of drug-likeness (QED) is 0.689. The van der Waals surface area contributed by atoms with Crippen molar-refractivity contribution in [1.82, 2.24) is 9.62 Å². The van der Waals surface area contributed by atoms with Gasteiger partial charge < -0.3 is 10.1 Å². The molecule has 0 aromatic heterocycles. The van der Waals surface area contributed by atoms with E-state index in [1.165, 1.54) is 16.4 Å². The summed E-state index contributed by atoms with van der Waals surface area (Å²) in [5.41, 5.74) is 0.932. The van der Waals surface area contributed by atoms with E-state index in [4.69, 9.17) is 12.2 Å². The summed E-state index contributed by atoms with van der Waals surface area (Å²) in [5.74, 6) is -0.760. The first-order valence-corrected chi connectivity index (χ1v) is 11.2. The van der Waals surface area contributed by atoms with Crippen LogP contribution < -0.4 is 10.1 Å². The zero-order valence-corrected chi connectivity index (χ0v) is 17.6. The number of thiocarbonyl (C=S) groups is 1. The number of rotatable bonds is 5. The average molecular weight is 459 g/mol. The fourth-order valence-corrected chi connectivity index (χ4v) is 5.47. The second-order valence-corrected chi connectivity index (χ2v) is 9.23. The summed E-state index contributed by atoms with van der Waals surface area (Å²) in [6.07, 6.45) is -3.39. The predicted molar refractivity (Wildman–Crippen MR) is 111 cm³/mol. The molecular weight excluding hydrogens is 437 g/mol. The van der Waals surface area contributed by atoms with Crippen LogP contribution in [0.1, 0.15) is 18.4 Å². The van der Waals surface area contributed by atoms with Crippen molar-refractivity contribution in [3.63, 3.8) is 0 Å². The first-order chi connectivity index (χ1) is 14.2. The van der Waals surface area contributed by atoms with Crippen LogP contribution in [0.5, 0.6) is 5.75 Å². The minimum absolute atomic E-state index is 0.116. The van der Waals surface area contributed by atoms with Crippen LogP contribution in [0.25, 0.3) is 0 Å². The third kappa shape index (κ3) is 5.71. The summed E-state index contributed by atoms with van der Waals surface area (Å²) in [4.78, 5) is -0.214. The number of nitrogens with zero attached hydrogens (tertiary/aromatic N) is 1. The van der Waals surface area contributed by atoms with Crippen LogP contribution in [-0.4, -0.2) is 43.2 Å². The number of halogens is 3. The van der Waals surface area contributed by atoms with Crippen LogP contribution >= 0.6 is 12.2 Å². The van der Waals surface area contributed by atoms with Crippen molar-refractivity contribution >= 4 is 27.2 Å². The molecule has 10 heteroatoms. The van der Waals surface area contributed by atoms with Crippen molar-refractivity contribution in [2.75, 3.05) is 13.1 Å². The molecule has 0 aliphatic carbocycles. The zero-order chi connectivity index (χ0) is 21.8. The Balaban J connectivity index is 2.01. The maximum absolute atomic E-state index is 13.5. The summed E-state index contributed by atoms with van der Waals surface area (Å²) >= 11 is 5.26. The van der Waals surface area contributed by atoms with Crippen molar-refractivity contribution in [3.05, 3.63) is 60.2 Å². The summed E-state index contributed by atoms with van der Waals surface area (Å²) < 4.78 is 70.7. The van der Waals surface area contributed by atoms with Crippen molar-refractivity contribution < 1.29 is 26.3 Å². The van der Waals surface area contributed by atoms with Gasteiger partial charge in [0.15, 0.2) is 0 Å². The molecule has 0 radical (unpaired) electrons. The van der Waals surface area contributed by atoms with Crippen LogP contribution in [-0.2, 0) is 16.4 Å². The maximum Gasteiger partial charge on any atom is 0.573 e. The molecule has 1 aliphatic heterocycles. The van der Waals surface area contributed by atoms with E-state index < -0.39 is 33.1 Å². The molecule has 0 saturated carbocycles. The van der Waals surface area contributed by atoms with Crippen molar-refractivity contribution in [2.24, 2.45) is 0 Å². The predicted octanol–water partition coefficient (Wildman–Crippen LogP) is 3.90. The average Bonchev–Trinajstić information content (AvgIpc) is 2.67. The molecule has 1 fully saturated rings. The molecule has 1 atom stereocenters. The first-order valence-electron chi connectivity index (χ1n) is 9.34. The number of hydrogen-bond donors (Lipinski definition) is 1. The Hall–Kier alpha value is -2.17. The largest absolute Gasteiger partial charge is 0.573 e. The number of hydrogen-bond acceptors (Lipinski definition) is 4. The molecule has 0 spiro atoms. The van der Waals surface area contributed by atoms with Gasteiger partial charge in [0.25, 0.3) is 0 Å². The Labute approximate surface area is 178 Å². The fraction of sp³-hybridized carbons (Fsp3) is 0.350. The molecule has 1 heterocycles. The standard InChI is InChI=1S/C20H21F3N2O3S2/c21-20(22,23)28-17-10-4-5-11-18(17)30(26,27)25-14-19(29)24-12-6-9-16(25)13-15-7-2-1-3-8-15/h1-5,7-8,10-11,16H,6,9,12-14H2,(H,24,29)/t16-/m0/s1. The topological polar surface area (TPSA) is 58.6 Å². The molecule has 5 nitrogen and oxygen atoms in total. The Bertz CT molecular complexity index is 982. The SMILES string of the molecule is O=S(=O)(c1ccccc1OC(F)(F)F)N1CC(=S)NCCC[C@H]1Cc1ccccc1. The summed E-state index contributed by atoms with van der Waals surface area (Å²) in [7, 11) is -4.33. The number of alkyl halides is 3. The maximum atomic E-state index is 13.5. The molecule has 0 bridgehead atoms. The van der Waals surface area contributed by atoms with E-state index in [0.717, 1.165) is 17.7 Å². The Morgan fingerprint density at radius 2 is 1.77 bits per heavy atom. The summed E-state index contributed by atoms with van der Waals surface area (Å²) in [6, 6.07) is 13.7. The van der Waals surface area contributed by atoms with Crippen LogP contribution in [0.2, 0.25) is 0 Å². The van der Waals surface area contributed by atoms with Gasteiger partial charge in [-0.3, -0.25) is 0 Å². The van der Waals surface area contributed by atoms with Gasteiger partial charge in [-0.25, -0.2) is 8.42 Å². The number of ether oxygens (including phenoxy) is 1. The lowest BCUT2D eigenvalue weighted by Gasteiger charge is -2.33. The van der Waals surface area contributed by atoms with Gasteiger partial charge in [0.05, 0.1) is 11.5 Å². The molecule has 1 N–H and O–H groups in total. The van der Waals surface area contributed by atoms with E-state index in [1.807, 2.05) is 30.3 Å². The minimum Gasteiger partial charge on any atom is -0.404 e. The molecule has 0 amide bonds.